The molecule has 0 amide bonds. The number of halogens is 1. The molecule has 0 bridgehead atoms. The first kappa shape index (κ1) is 9.07. The number of hydrogen-bond donors (Lipinski definition) is 1. The molecule has 1 aromatic carbocycles. The van der Waals surface area contributed by atoms with Crippen LogP contribution in [0.2, 0.25) is 5.02 Å². The zero-order valence-corrected chi connectivity index (χ0v) is 7.67. The molecule has 0 spiro atoms. The first-order valence-corrected chi connectivity index (χ1v) is 4.06. The maximum atomic E-state index is 5.91. The van der Waals surface area contributed by atoms with Crippen LogP contribution in [-0.4, -0.2) is 12.9 Å². The molecule has 0 radical (unpaired) electrons. The SMILES string of the molecule is CN=C(N)Cc1ccccc1Cl. The van der Waals surface area contributed by atoms with Gasteiger partial charge in [-0.1, -0.05) is 29.8 Å². The van der Waals surface area contributed by atoms with Gasteiger partial charge in [-0.2, -0.15) is 0 Å². The number of aliphatic imine (C=N–C) groups is 1. The van der Waals surface area contributed by atoms with E-state index in [1.165, 1.54) is 0 Å². The molecule has 0 aliphatic heterocycles. The fourth-order valence-electron chi connectivity index (χ4n) is 0.916. The maximum absolute atomic E-state index is 5.91. The van der Waals surface area contributed by atoms with Crippen molar-refractivity contribution in [3.63, 3.8) is 0 Å². The summed E-state index contributed by atoms with van der Waals surface area (Å²) in [5.41, 5.74) is 6.58. The van der Waals surface area contributed by atoms with Gasteiger partial charge in [0.05, 0.1) is 5.84 Å². The molecular formula is C9H11ClN2. The van der Waals surface area contributed by atoms with Gasteiger partial charge >= 0.3 is 0 Å². The summed E-state index contributed by atoms with van der Waals surface area (Å²) in [5, 5.41) is 0.740. The Kier molecular flexibility index (Phi) is 3.11. The molecule has 0 saturated carbocycles. The van der Waals surface area contributed by atoms with Crippen LogP contribution >= 0.6 is 11.6 Å². The van der Waals surface area contributed by atoms with Crippen LogP contribution in [0.1, 0.15) is 5.56 Å². The fraction of sp³-hybridized carbons (Fsp3) is 0.222. The lowest BCUT2D eigenvalue weighted by Gasteiger charge is -2.01. The van der Waals surface area contributed by atoms with E-state index >= 15 is 0 Å². The molecule has 0 aromatic heterocycles. The van der Waals surface area contributed by atoms with E-state index in [0.29, 0.717) is 12.3 Å². The van der Waals surface area contributed by atoms with Gasteiger partial charge in [0.2, 0.25) is 0 Å². The van der Waals surface area contributed by atoms with Crippen LogP contribution < -0.4 is 5.73 Å². The highest BCUT2D eigenvalue weighted by Crippen LogP contribution is 2.14. The number of nitrogens with zero attached hydrogens (tertiary/aromatic N) is 1. The molecule has 0 saturated heterocycles. The number of nitrogens with two attached hydrogens (primary N) is 1. The van der Waals surface area contributed by atoms with E-state index in [-0.39, 0.29) is 0 Å². The van der Waals surface area contributed by atoms with Crippen LogP contribution in [-0.2, 0) is 6.42 Å². The Morgan fingerprint density at radius 3 is 2.75 bits per heavy atom. The second kappa shape index (κ2) is 4.12. The summed E-state index contributed by atoms with van der Waals surface area (Å²) < 4.78 is 0. The lowest BCUT2D eigenvalue weighted by atomic mass is 10.1. The highest BCUT2D eigenvalue weighted by molar-refractivity contribution is 6.31. The van der Waals surface area contributed by atoms with Gasteiger partial charge in [0, 0.05) is 18.5 Å². The molecule has 0 aliphatic rings. The van der Waals surface area contributed by atoms with Crippen LogP contribution in [0.3, 0.4) is 0 Å². The Labute approximate surface area is 77.1 Å². The smallest absolute Gasteiger partial charge is 0.0978 e. The quantitative estimate of drug-likeness (QED) is 0.551. The lowest BCUT2D eigenvalue weighted by Crippen LogP contribution is -2.14. The Morgan fingerprint density at radius 2 is 2.17 bits per heavy atom. The van der Waals surface area contributed by atoms with E-state index in [1.54, 1.807) is 7.05 Å². The predicted molar refractivity (Wildman–Crippen MR) is 52.7 cm³/mol. The van der Waals surface area contributed by atoms with E-state index in [2.05, 4.69) is 4.99 Å². The number of hydrogen-bond acceptors (Lipinski definition) is 1. The van der Waals surface area contributed by atoms with E-state index in [4.69, 9.17) is 17.3 Å². The molecule has 0 unspecified atom stereocenters. The Bertz CT molecular complexity index is 294. The van der Waals surface area contributed by atoms with E-state index in [0.717, 1.165) is 10.6 Å². The van der Waals surface area contributed by atoms with Crippen LogP contribution in [0.4, 0.5) is 0 Å². The van der Waals surface area contributed by atoms with Crippen LogP contribution in [0.15, 0.2) is 29.3 Å². The third-order valence-corrected chi connectivity index (χ3v) is 1.99. The predicted octanol–water partition coefficient (Wildman–Crippen LogP) is 1.87. The number of benzene rings is 1. The molecule has 0 aliphatic carbocycles. The average Bonchev–Trinajstić information content (AvgIpc) is 2.09. The van der Waals surface area contributed by atoms with E-state index in [1.807, 2.05) is 24.3 Å². The van der Waals surface area contributed by atoms with Gasteiger partial charge in [-0.05, 0) is 11.6 Å². The Morgan fingerprint density at radius 1 is 1.50 bits per heavy atom. The van der Waals surface area contributed by atoms with Gasteiger partial charge in [0.25, 0.3) is 0 Å². The Balaban J connectivity index is 2.82. The zero-order valence-electron chi connectivity index (χ0n) is 6.92. The Hall–Kier alpha value is -1.02. The van der Waals surface area contributed by atoms with Gasteiger partial charge in [-0.3, -0.25) is 4.99 Å². The molecule has 64 valence electrons. The molecule has 12 heavy (non-hydrogen) atoms. The molecule has 1 aromatic rings. The minimum absolute atomic E-state index is 0.600. The van der Waals surface area contributed by atoms with Gasteiger partial charge < -0.3 is 5.73 Å². The van der Waals surface area contributed by atoms with Crippen molar-refractivity contribution in [2.24, 2.45) is 10.7 Å². The number of rotatable bonds is 2. The standard InChI is InChI=1S/C9H11ClN2/c1-12-9(11)6-7-4-2-3-5-8(7)10/h2-5H,6H2,1H3,(H2,11,12). The van der Waals surface area contributed by atoms with Crippen molar-refractivity contribution in [3.05, 3.63) is 34.9 Å². The summed E-state index contributed by atoms with van der Waals surface area (Å²) in [4.78, 5) is 3.86. The maximum Gasteiger partial charge on any atom is 0.0978 e. The second-order valence-electron chi connectivity index (χ2n) is 2.48. The highest BCUT2D eigenvalue weighted by Gasteiger charge is 1.99. The van der Waals surface area contributed by atoms with Crippen molar-refractivity contribution in [3.8, 4) is 0 Å². The molecule has 3 heteroatoms. The molecule has 0 atom stereocenters. The normalized spacial score (nSPS) is 11.7. The van der Waals surface area contributed by atoms with Crippen molar-refractivity contribution >= 4 is 17.4 Å². The van der Waals surface area contributed by atoms with Gasteiger partial charge in [0.1, 0.15) is 0 Å². The second-order valence-corrected chi connectivity index (χ2v) is 2.89. The molecule has 1 rings (SSSR count). The van der Waals surface area contributed by atoms with Crippen molar-refractivity contribution in [1.29, 1.82) is 0 Å². The average molecular weight is 183 g/mol. The molecule has 2 N–H and O–H groups in total. The van der Waals surface area contributed by atoms with Gasteiger partial charge in [-0.15, -0.1) is 0 Å². The number of amidine groups is 1. The summed E-state index contributed by atoms with van der Waals surface area (Å²) in [6.07, 6.45) is 0.621. The first-order chi connectivity index (χ1) is 5.74. The third kappa shape index (κ3) is 2.24. The summed E-state index contributed by atoms with van der Waals surface area (Å²) in [5.74, 6) is 0.600. The van der Waals surface area contributed by atoms with E-state index in [9.17, 15) is 0 Å². The van der Waals surface area contributed by atoms with Gasteiger partial charge in [-0.25, -0.2) is 0 Å². The topological polar surface area (TPSA) is 38.4 Å². The molecule has 0 fully saturated rings. The summed E-state index contributed by atoms with van der Waals surface area (Å²) >= 11 is 5.91. The van der Waals surface area contributed by atoms with Crippen LogP contribution in [0.25, 0.3) is 0 Å². The molecule has 0 heterocycles. The summed E-state index contributed by atoms with van der Waals surface area (Å²) in [7, 11) is 1.67. The van der Waals surface area contributed by atoms with Crippen molar-refractivity contribution in [2.75, 3.05) is 7.05 Å². The van der Waals surface area contributed by atoms with Crippen molar-refractivity contribution in [2.45, 2.75) is 6.42 Å². The van der Waals surface area contributed by atoms with Crippen LogP contribution in [0, 0.1) is 0 Å². The largest absolute Gasteiger partial charge is 0.387 e. The minimum Gasteiger partial charge on any atom is -0.387 e. The van der Waals surface area contributed by atoms with Crippen molar-refractivity contribution < 1.29 is 0 Å². The van der Waals surface area contributed by atoms with Crippen LogP contribution in [0.5, 0.6) is 0 Å². The minimum atomic E-state index is 0.600. The summed E-state index contributed by atoms with van der Waals surface area (Å²) in [6.45, 7) is 0. The monoisotopic (exact) mass is 182 g/mol. The highest BCUT2D eigenvalue weighted by atomic mass is 35.5. The van der Waals surface area contributed by atoms with Gasteiger partial charge in [0.15, 0.2) is 0 Å². The molecular weight excluding hydrogens is 172 g/mol. The lowest BCUT2D eigenvalue weighted by molar-refractivity contribution is 1.25. The zero-order chi connectivity index (χ0) is 8.97. The molecule has 2 nitrogen and oxygen atoms in total. The summed E-state index contributed by atoms with van der Waals surface area (Å²) in [6, 6.07) is 7.62. The fourth-order valence-corrected chi connectivity index (χ4v) is 1.12. The first-order valence-electron chi connectivity index (χ1n) is 3.68. The van der Waals surface area contributed by atoms with Crippen molar-refractivity contribution in [1.82, 2.24) is 0 Å². The van der Waals surface area contributed by atoms with E-state index < -0.39 is 0 Å². The third-order valence-electron chi connectivity index (χ3n) is 1.62.